The van der Waals surface area contributed by atoms with Crippen LogP contribution in [-0.4, -0.2) is 45.7 Å². The molecule has 3 rings (SSSR count). The lowest BCUT2D eigenvalue weighted by atomic mass is 9.67. The van der Waals surface area contributed by atoms with E-state index < -0.39 is 5.41 Å². The lowest BCUT2D eigenvalue weighted by molar-refractivity contribution is -0.184. The molecule has 2 fully saturated rings. The number of likely N-dealkylation sites (N-methyl/N-ethyl adjacent to an activating group) is 1. The van der Waals surface area contributed by atoms with Gasteiger partial charge in [-0.15, -0.1) is 0 Å². The molecule has 1 atom stereocenters. The Labute approximate surface area is 137 Å². The summed E-state index contributed by atoms with van der Waals surface area (Å²) < 4.78 is 0. The quantitative estimate of drug-likeness (QED) is 0.801. The molecule has 1 aliphatic heterocycles. The van der Waals surface area contributed by atoms with Crippen LogP contribution in [0.25, 0.3) is 0 Å². The van der Waals surface area contributed by atoms with E-state index in [0.717, 1.165) is 31.2 Å². The van der Waals surface area contributed by atoms with Gasteiger partial charge >= 0.3 is 0 Å². The van der Waals surface area contributed by atoms with Crippen LogP contribution in [0, 0.1) is 5.41 Å². The Morgan fingerprint density at radius 3 is 2.70 bits per heavy atom. The third-order valence-electron chi connectivity index (χ3n) is 5.27. The molecule has 2 heterocycles. The highest BCUT2D eigenvalue weighted by Gasteiger charge is 2.65. The van der Waals surface area contributed by atoms with Gasteiger partial charge in [-0.1, -0.05) is 18.9 Å². The maximum atomic E-state index is 13.1. The number of aromatic nitrogens is 1. The fourth-order valence-corrected chi connectivity index (χ4v) is 4.12. The molecular weight excluding hydrogens is 290 g/mol. The molecule has 1 saturated heterocycles. The first-order valence-corrected chi connectivity index (χ1v) is 8.44. The molecule has 2 aliphatic rings. The van der Waals surface area contributed by atoms with Crippen LogP contribution in [0.1, 0.15) is 45.1 Å². The van der Waals surface area contributed by atoms with Crippen molar-refractivity contribution in [1.29, 1.82) is 0 Å². The minimum atomic E-state index is -0.426. The predicted molar refractivity (Wildman–Crippen MR) is 87.4 cm³/mol. The lowest BCUT2D eigenvalue weighted by Crippen LogP contribution is -2.74. The predicted octanol–water partition coefficient (Wildman–Crippen LogP) is 2.22. The second-order valence-electron chi connectivity index (χ2n) is 7.13. The van der Waals surface area contributed by atoms with Crippen molar-refractivity contribution in [2.45, 2.75) is 58.2 Å². The average molecular weight is 315 g/mol. The first-order chi connectivity index (χ1) is 11.0. The molecule has 1 aliphatic carbocycles. The Balaban J connectivity index is 1.79. The highest BCUT2D eigenvalue weighted by molar-refractivity contribution is 6.02. The van der Waals surface area contributed by atoms with Gasteiger partial charge in [0.1, 0.15) is 6.04 Å². The highest BCUT2D eigenvalue weighted by atomic mass is 16.2. The Morgan fingerprint density at radius 1 is 1.43 bits per heavy atom. The third kappa shape index (κ3) is 2.52. The van der Waals surface area contributed by atoms with Gasteiger partial charge in [0.15, 0.2) is 0 Å². The highest BCUT2D eigenvalue weighted by Crippen LogP contribution is 2.52. The van der Waals surface area contributed by atoms with E-state index in [4.69, 9.17) is 0 Å². The Morgan fingerprint density at radius 2 is 2.13 bits per heavy atom. The van der Waals surface area contributed by atoms with Crippen molar-refractivity contribution >= 4 is 11.8 Å². The van der Waals surface area contributed by atoms with Crippen molar-refractivity contribution in [3.63, 3.8) is 0 Å². The summed E-state index contributed by atoms with van der Waals surface area (Å²) >= 11 is 0. The van der Waals surface area contributed by atoms with Crippen LogP contribution in [-0.2, 0) is 16.1 Å². The van der Waals surface area contributed by atoms with Crippen LogP contribution in [0.15, 0.2) is 24.5 Å². The third-order valence-corrected chi connectivity index (χ3v) is 5.27. The van der Waals surface area contributed by atoms with E-state index in [2.05, 4.69) is 4.98 Å². The molecule has 5 heteroatoms. The molecule has 124 valence electrons. The van der Waals surface area contributed by atoms with E-state index in [0.29, 0.717) is 6.54 Å². The normalized spacial score (nSPS) is 22.5. The molecule has 1 spiro atoms. The zero-order chi connectivity index (χ0) is 16.6. The summed E-state index contributed by atoms with van der Waals surface area (Å²) in [5.41, 5.74) is 0.579. The van der Waals surface area contributed by atoms with Gasteiger partial charge in [0.2, 0.25) is 11.8 Å². The number of amides is 2. The Hall–Kier alpha value is -1.91. The van der Waals surface area contributed by atoms with Crippen LogP contribution >= 0.6 is 0 Å². The number of carbonyl (C=O) groups excluding carboxylic acids is 2. The van der Waals surface area contributed by atoms with Gasteiger partial charge in [-0.25, -0.2) is 0 Å². The van der Waals surface area contributed by atoms with Crippen molar-refractivity contribution < 1.29 is 9.59 Å². The number of hydrogen-bond donors (Lipinski definition) is 0. The Kier molecular flexibility index (Phi) is 4.13. The molecule has 5 nitrogen and oxygen atoms in total. The fraction of sp³-hybridized carbons (Fsp3) is 0.611. The largest absolute Gasteiger partial charge is 0.340 e. The molecule has 23 heavy (non-hydrogen) atoms. The van der Waals surface area contributed by atoms with Crippen molar-refractivity contribution in [2.75, 3.05) is 7.05 Å². The second kappa shape index (κ2) is 5.95. The summed E-state index contributed by atoms with van der Waals surface area (Å²) in [5.74, 6) is 0.238. The zero-order valence-corrected chi connectivity index (χ0v) is 14.2. The molecule has 1 unspecified atom stereocenters. The molecule has 0 N–H and O–H groups in total. The zero-order valence-electron chi connectivity index (χ0n) is 14.2. The van der Waals surface area contributed by atoms with Gasteiger partial charge in [0.25, 0.3) is 0 Å². The number of pyridine rings is 1. The van der Waals surface area contributed by atoms with Crippen molar-refractivity contribution in [3.8, 4) is 0 Å². The topological polar surface area (TPSA) is 53.5 Å². The fourth-order valence-electron chi connectivity index (χ4n) is 4.12. The molecule has 1 saturated carbocycles. The van der Waals surface area contributed by atoms with E-state index in [1.54, 1.807) is 22.2 Å². The number of rotatable bonds is 4. The maximum absolute atomic E-state index is 13.1. The van der Waals surface area contributed by atoms with E-state index in [1.165, 1.54) is 0 Å². The summed E-state index contributed by atoms with van der Waals surface area (Å²) in [4.78, 5) is 33.4. The molecule has 1 aromatic rings. The summed E-state index contributed by atoms with van der Waals surface area (Å²) in [5, 5.41) is 0. The van der Waals surface area contributed by atoms with Crippen LogP contribution in [0.3, 0.4) is 0 Å². The van der Waals surface area contributed by atoms with Crippen LogP contribution in [0.5, 0.6) is 0 Å². The van der Waals surface area contributed by atoms with Gasteiger partial charge in [0, 0.05) is 32.0 Å². The van der Waals surface area contributed by atoms with Crippen LogP contribution < -0.4 is 0 Å². The summed E-state index contributed by atoms with van der Waals surface area (Å²) in [6.45, 7) is 4.50. The molecule has 0 bridgehead atoms. The molecular formula is C18H25N3O2. The number of nitrogens with zero attached hydrogens (tertiary/aromatic N) is 3. The molecule has 2 amide bonds. The van der Waals surface area contributed by atoms with E-state index in [-0.39, 0.29) is 23.9 Å². The number of hydrogen-bond acceptors (Lipinski definition) is 3. The van der Waals surface area contributed by atoms with Gasteiger partial charge in [0.05, 0.1) is 5.41 Å². The average Bonchev–Trinajstić information content (AvgIpc) is 3.04. The van der Waals surface area contributed by atoms with Gasteiger partial charge in [-0.2, -0.15) is 0 Å². The van der Waals surface area contributed by atoms with Crippen molar-refractivity contribution in [2.24, 2.45) is 5.41 Å². The molecule has 0 aromatic carbocycles. The van der Waals surface area contributed by atoms with E-state index >= 15 is 0 Å². The summed E-state index contributed by atoms with van der Waals surface area (Å²) in [6.07, 6.45) is 7.31. The molecule has 0 radical (unpaired) electrons. The van der Waals surface area contributed by atoms with Crippen molar-refractivity contribution in [3.05, 3.63) is 30.1 Å². The van der Waals surface area contributed by atoms with Gasteiger partial charge in [-0.3, -0.25) is 14.6 Å². The SMILES string of the molecule is CC(C)N1C(=O)C2(CCCC2)C1C(=O)N(C)Cc1cccnc1. The smallest absolute Gasteiger partial charge is 0.246 e. The van der Waals surface area contributed by atoms with E-state index in [1.807, 2.05) is 33.0 Å². The summed E-state index contributed by atoms with van der Waals surface area (Å²) in [6, 6.07) is 3.61. The van der Waals surface area contributed by atoms with E-state index in [9.17, 15) is 9.59 Å². The number of likely N-dealkylation sites (tertiary alicyclic amines) is 1. The maximum Gasteiger partial charge on any atom is 0.246 e. The van der Waals surface area contributed by atoms with Gasteiger partial charge < -0.3 is 9.80 Å². The Bertz CT molecular complexity index is 594. The minimum absolute atomic E-state index is 0.0593. The summed E-state index contributed by atoms with van der Waals surface area (Å²) in [7, 11) is 1.82. The minimum Gasteiger partial charge on any atom is -0.340 e. The van der Waals surface area contributed by atoms with Crippen LogP contribution in [0.4, 0.5) is 0 Å². The first-order valence-electron chi connectivity index (χ1n) is 8.44. The first kappa shape index (κ1) is 16.0. The second-order valence-corrected chi connectivity index (χ2v) is 7.13. The lowest BCUT2D eigenvalue weighted by Gasteiger charge is -2.56. The van der Waals surface area contributed by atoms with Gasteiger partial charge in [-0.05, 0) is 38.3 Å². The number of carbonyl (C=O) groups is 2. The van der Waals surface area contributed by atoms with Crippen LogP contribution in [0.2, 0.25) is 0 Å². The monoisotopic (exact) mass is 315 g/mol. The molecule has 1 aromatic heterocycles. The van der Waals surface area contributed by atoms with Crippen molar-refractivity contribution in [1.82, 2.24) is 14.8 Å². The number of β-lactam (4-membered cyclic amide) rings is 1. The standard InChI is InChI=1S/C18H25N3O2/c1-13(2)21-15(18(17(21)23)8-4-5-9-18)16(22)20(3)12-14-7-6-10-19-11-14/h6-7,10-11,13,15H,4-5,8-9,12H2,1-3H3.